The van der Waals surface area contributed by atoms with E-state index in [1.807, 2.05) is 0 Å². The van der Waals surface area contributed by atoms with Gasteiger partial charge in [0.25, 0.3) is 0 Å². The molecule has 0 saturated carbocycles. The van der Waals surface area contributed by atoms with Crippen molar-refractivity contribution < 1.29 is 8.42 Å². The number of hydrogen-bond donors (Lipinski definition) is 1. The highest BCUT2D eigenvalue weighted by molar-refractivity contribution is 7.89. The third kappa shape index (κ3) is 4.11. The average Bonchev–Trinajstić information content (AvgIpc) is 2.44. The van der Waals surface area contributed by atoms with Gasteiger partial charge in [0.15, 0.2) is 0 Å². The van der Waals surface area contributed by atoms with E-state index in [9.17, 15) is 8.42 Å². The number of rotatable bonds is 7. The molecule has 0 heterocycles. The predicted molar refractivity (Wildman–Crippen MR) is 89.1 cm³/mol. The maximum Gasteiger partial charge on any atom is 0.242 e. The summed E-state index contributed by atoms with van der Waals surface area (Å²) in [5, 5.41) is 0. The van der Waals surface area contributed by atoms with Crippen LogP contribution in [0.15, 0.2) is 23.1 Å². The van der Waals surface area contributed by atoms with Gasteiger partial charge in [-0.05, 0) is 31.0 Å². The summed E-state index contributed by atoms with van der Waals surface area (Å²) in [5.41, 5.74) is 7.45. The van der Waals surface area contributed by atoms with Crippen LogP contribution in [-0.2, 0) is 10.0 Å². The summed E-state index contributed by atoms with van der Waals surface area (Å²) < 4.78 is 25.7. The maximum absolute atomic E-state index is 12.3. The molecule has 2 N–H and O–H groups in total. The van der Waals surface area contributed by atoms with Crippen molar-refractivity contribution in [2.45, 2.75) is 32.1 Å². The molecule has 0 saturated heterocycles. The topological polar surface area (TPSA) is 66.6 Å². The first kappa shape index (κ1) is 17.8. The van der Waals surface area contributed by atoms with Crippen molar-refractivity contribution in [1.82, 2.24) is 4.31 Å². The van der Waals surface area contributed by atoms with Crippen molar-refractivity contribution >= 4 is 21.4 Å². The van der Waals surface area contributed by atoms with Crippen LogP contribution >= 0.6 is 0 Å². The highest BCUT2D eigenvalue weighted by Gasteiger charge is 2.20. The Balaban J connectivity index is 3.23. The molecule has 0 aliphatic heterocycles. The quantitative estimate of drug-likeness (QED) is 0.785. The van der Waals surface area contributed by atoms with Gasteiger partial charge >= 0.3 is 0 Å². The number of anilines is 2. The SMILES string of the molecule is CCC(C)CN(CC)c1cc(S(=O)(=O)N(C)C)ccc1N. The maximum atomic E-state index is 12.3. The van der Waals surface area contributed by atoms with Gasteiger partial charge in [-0.25, -0.2) is 12.7 Å². The molecule has 0 aliphatic rings. The van der Waals surface area contributed by atoms with E-state index < -0.39 is 10.0 Å². The molecule has 1 aromatic carbocycles. The van der Waals surface area contributed by atoms with Gasteiger partial charge in [-0.2, -0.15) is 0 Å². The van der Waals surface area contributed by atoms with Crippen LogP contribution in [0, 0.1) is 5.92 Å². The summed E-state index contributed by atoms with van der Waals surface area (Å²) in [6, 6.07) is 4.91. The van der Waals surface area contributed by atoms with Crippen molar-refractivity contribution in [3.05, 3.63) is 18.2 Å². The van der Waals surface area contributed by atoms with E-state index >= 15 is 0 Å². The van der Waals surface area contributed by atoms with E-state index in [1.165, 1.54) is 18.4 Å². The van der Waals surface area contributed by atoms with Gasteiger partial charge in [0.05, 0.1) is 16.3 Å². The highest BCUT2D eigenvalue weighted by Crippen LogP contribution is 2.28. The molecule has 0 aromatic heterocycles. The van der Waals surface area contributed by atoms with Gasteiger partial charge in [0.1, 0.15) is 0 Å². The molecule has 1 rings (SSSR count). The van der Waals surface area contributed by atoms with Crippen LogP contribution in [0.4, 0.5) is 11.4 Å². The van der Waals surface area contributed by atoms with Crippen molar-refractivity contribution in [3.8, 4) is 0 Å². The Labute approximate surface area is 128 Å². The lowest BCUT2D eigenvalue weighted by atomic mass is 10.1. The lowest BCUT2D eigenvalue weighted by Crippen LogP contribution is -2.29. The molecule has 0 fully saturated rings. The zero-order valence-electron chi connectivity index (χ0n) is 13.6. The van der Waals surface area contributed by atoms with Crippen LogP contribution in [0.3, 0.4) is 0 Å². The lowest BCUT2D eigenvalue weighted by Gasteiger charge is -2.28. The van der Waals surface area contributed by atoms with Crippen molar-refractivity contribution in [2.75, 3.05) is 37.8 Å². The van der Waals surface area contributed by atoms with Gasteiger partial charge in [-0.3, -0.25) is 0 Å². The molecule has 1 aromatic rings. The number of nitrogen functional groups attached to an aromatic ring is 1. The fourth-order valence-corrected chi connectivity index (χ4v) is 2.99. The second-order valence-electron chi connectivity index (χ2n) is 5.56. The summed E-state index contributed by atoms with van der Waals surface area (Å²) in [6.45, 7) is 8.03. The normalized spacial score (nSPS) is 13.4. The smallest absolute Gasteiger partial charge is 0.242 e. The first-order chi connectivity index (χ1) is 9.73. The Morgan fingerprint density at radius 1 is 1.24 bits per heavy atom. The zero-order chi connectivity index (χ0) is 16.2. The Morgan fingerprint density at radius 3 is 2.33 bits per heavy atom. The van der Waals surface area contributed by atoms with Crippen LogP contribution in [-0.4, -0.2) is 39.9 Å². The Kier molecular flexibility index (Phi) is 6.04. The van der Waals surface area contributed by atoms with E-state index in [2.05, 4.69) is 25.7 Å². The standard InChI is InChI=1S/C15H27N3O2S/c1-6-12(3)11-18(7-2)15-10-13(8-9-14(15)16)21(19,20)17(4)5/h8-10,12H,6-7,11,16H2,1-5H3. The molecular formula is C15H27N3O2S. The monoisotopic (exact) mass is 313 g/mol. The zero-order valence-corrected chi connectivity index (χ0v) is 14.4. The summed E-state index contributed by atoms with van der Waals surface area (Å²) in [5.74, 6) is 0.526. The van der Waals surface area contributed by atoms with Gasteiger partial charge in [-0.1, -0.05) is 20.3 Å². The minimum atomic E-state index is -3.44. The van der Waals surface area contributed by atoms with E-state index in [0.29, 0.717) is 11.6 Å². The lowest BCUT2D eigenvalue weighted by molar-refractivity contribution is 0.520. The molecular weight excluding hydrogens is 286 g/mol. The van der Waals surface area contributed by atoms with Gasteiger partial charge in [0.2, 0.25) is 10.0 Å². The van der Waals surface area contributed by atoms with Crippen LogP contribution in [0.1, 0.15) is 27.2 Å². The second kappa shape index (κ2) is 7.13. The van der Waals surface area contributed by atoms with Crippen LogP contribution in [0.25, 0.3) is 0 Å². The van der Waals surface area contributed by atoms with Crippen LogP contribution < -0.4 is 10.6 Å². The third-order valence-electron chi connectivity index (χ3n) is 3.73. The highest BCUT2D eigenvalue weighted by atomic mass is 32.2. The van der Waals surface area contributed by atoms with E-state index in [4.69, 9.17) is 5.73 Å². The average molecular weight is 313 g/mol. The minimum Gasteiger partial charge on any atom is -0.397 e. The largest absolute Gasteiger partial charge is 0.397 e. The van der Waals surface area contributed by atoms with Crippen molar-refractivity contribution in [3.63, 3.8) is 0 Å². The van der Waals surface area contributed by atoms with E-state index in [0.717, 1.165) is 25.2 Å². The molecule has 0 bridgehead atoms. The Bertz CT molecular complexity index is 570. The molecule has 120 valence electrons. The Hall–Kier alpha value is -1.27. The number of nitrogens with zero attached hydrogens (tertiary/aromatic N) is 2. The molecule has 21 heavy (non-hydrogen) atoms. The van der Waals surface area contributed by atoms with Gasteiger partial charge in [0, 0.05) is 27.2 Å². The first-order valence-corrected chi connectivity index (χ1v) is 8.75. The second-order valence-corrected chi connectivity index (χ2v) is 7.71. The van der Waals surface area contributed by atoms with Crippen LogP contribution in [0.2, 0.25) is 0 Å². The van der Waals surface area contributed by atoms with Gasteiger partial charge < -0.3 is 10.6 Å². The molecule has 1 atom stereocenters. The summed E-state index contributed by atoms with van der Waals surface area (Å²) >= 11 is 0. The number of benzene rings is 1. The minimum absolute atomic E-state index is 0.277. The summed E-state index contributed by atoms with van der Waals surface area (Å²) in [7, 11) is -0.381. The van der Waals surface area contributed by atoms with Crippen LogP contribution in [0.5, 0.6) is 0 Å². The summed E-state index contributed by atoms with van der Waals surface area (Å²) in [6.07, 6.45) is 1.08. The van der Waals surface area contributed by atoms with E-state index in [1.54, 1.807) is 18.2 Å². The number of nitrogens with two attached hydrogens (primary N) is 1. The third-order valence-corrected chi connectivity index (χ3v) is 5.54. The number of sulfonamides is 1. The molecule has 5 nitrogen and oxygen atoms in total. The Morgan fingerprint density at radius 2 is 1.86 bits per heavy atom. The van der Waals surface area contributed by atoms with Crippen molar-refractivity contribution in [2.24, 2.45) is 5.92 Å². The summed E-state index contributed by atoms with van der Waals surface area (Å²) in [4.78, 5) is 2.41. The fraction of sp³-hybridized carbons (Fsp3) is 0.600. The fourth-order valence-electron chi connectivity index (χ4n) is 2.07. The molecule has 0 radical (unpaired) electrons. The molecule has 0 aliphatic carbocycles. The molecule has 0 amide bonds. The predicted octanol–water partition coefficient (Wildman–Crippen LogP) is 2.39. The first-order valence-electron chi connectivity index (χ1n) is 7.31. The molecule has 0 spiro atoms. The molecule has 6 heteroatoms. The van der Waals surface area contributed by atoms with Crippen molar-refractivity contribution in [1.29, 1.82) is 0 Å². The van der Waals surface area contributed by atoms with E-state index in [-0.39, 0.29) is 4.90 Å². The molecule has 1 unspecified atom stereocenters. The number of hydrogen-bond acceptors (Lipinski definition) is 4. The van der Waals surface area contributed by atoms with Gasteiger partial charge in [-0.15, -0.1) is 0 Å².